The fourth-order valence-corrected chi connectivity index (χ4v) is 4.06. The van der Waals surface area contributed by atoms with Crippen LogP contribution in [0.25, 0.3) is 0 Å². The first-order valence-corrected chi connectivity index (χ1v) is 8.25. The van der Waals surface area contributed by atoms with Crippen LogP contribution in [0.1, 0.15) is 37.7 Å². The number of sulfonamides is 1. The number of nitrogens with zero attached hydrogens (tertiary/aromatic N) is 1. The minimum absolute atomic E-state index is 0.184. The molecule has 4 nitrogen and oxygen atoms in total. The maximum Gasteiger partial charge on any atom is 0.232 e. The Balaban J connectivity index is 2.01. The lowest BCUT2D eigenvalue weighted by atomic mass is 9.91. The standard InChI is InChI=1S/C14H18N2O2S/c15-10-13-7-4-8-14(9-13)16-19(17,18)11-12-5-2-1-3-6-12/h4,7-9,12,16H,1-3,5-6,11H2. The second kappa shape index (κ2) is 6.07. The third-order valence-corrected chi connectivity index (χ3v) is 4.90. The van der Waals surface area contributed by atoms with Crippen molar-refractivity contribution in [3.05, 3.63) is 29.8 Å². The Morgan fingerprint density at radius 1 is 1.26 bits per heavy atom. The molecule has 0 aromatic heterocycles. The summed E-state index contributed by atoms with van der Waals surface area (Å²) < 4.78 is 26.7. The molecule has 1 aromatic carbocycles. The van der Waals surface area contributed by atoms with Gasteiger partial charge in [0.1, 0.15) is 0 Å². The molecular formula is C14H18N2O2S. The highest BCUT2D eigenvalue weighted by atomic mass is 32.2. The number of nitrogens with one attached hydrogen (secondary N) is 1. The lowest BCUT2D eigenvalue weighted by molar-refractivity contribution is 0.385. The first-order valence-electron chi connectivity index (χ1n) is 6.60. The van der Waals surface area contributed by atoms with Crippen LogP contribution in [0.4, 0.5) is 5.69 Å². The third-order valence-electron chi connectivity index (χ3n) is 3.44. The fourth-order valence-electron chi connectivity index (χ4n) is 2.54. The van der Waals surface area contributed by atoms with Crippen molar-refractivity contribution in [3.63, 3.8) is 0 Å². The molecule has 1 fully saturated rings. The van der Waals surface area contributed by atoms with E-state index in [4.69, 9.17) is 5.26 Å². The number of benzene rings is 1. The molecule has 0 heterocycles. The van der Waals surface area contributed by atoms with Crippen LogP contribution in [0.5, 0.6) is 0 Å². The quantitative estimate of drug-likeness (QED) is 0.920. The molecule has 1 aromatic rings. The van der Waals surface area contributed by atoms with E-state index >= 15 is 0 Å². The number of anilines is 1. The largest absolute Gasteiger partial charge is 0.284 e. The van der Waals surface area contributed by atoms with Gasteiger partial charge in [0.15, 0.2) is 0 Å². The van der Waals surface area contributed by atoms with Crippen molar-refractivity contribution in [2.24, 2.45) is 5.92 Å². The summed E-state index contributed by atoms with van der Waals surface area (Å²) in [6.07, 6.45) is 5.47. The predicted octanol–water partition coefficient (Wildman–Crippen LogP) is 2.88. The molecule has 1 N–H and O–H groups in total. The molecule has 0 spiro atoms. The van der Waals surface area contributed by atoms with Crippen LogP contribution in [0.3, 0.4) is 0 Å². The average Bonchev–Trinajstić information content (AvgIpc) is 2.39. The summed E-state index contributed by atoms with van der Waals surface area (Å²) in [5.41, 5.74) is 0.924. The lowest BCUT2D eigenvalue weighted by Crippen LogP contribution is -2.24. The Morgan fingerprint density at radius 2 is 2.00 bits per heavy atom. The summed E-state index contributed by atoms with van der Waals surface area (Å²) >= 11 is 0. The van der Waals surface area contributed by atoms with Gasteiger partial charge in [-0.2, -0.15) is 5.26 Å². The van der Waals surface area contributed by atoms with E-state index in [9.17, 15) is 8.42 Å². The van der Waals surface area contributed by atoms with E-state index < -0.39 is 10.0 Å². The van der Waals surface area contributed by atoms with Gasteiger partial charge < -0.3 is 0 Å². The molecule has 0 atom stereocenters. The van der Waals surface area contributed by atoms with Crippen LogP contribution in [0.2, 0.25) is 0 Å². The topological polar surface area (TPSA) is 70.0 Å². The molecule has 0 radical (unpaired) electrons. The van der Waals surface area contributed by atoms with Gasteiger partial charge in [0, 0.05) is 5.69 Å². The number of hydrogen-bond donors (Lipinski definition) is 1. The molecule has 0 unspecified atom stereocenters. The van der Waals surface area contributed by atoms with E-state index in [2.05, 4.69) is 4.72 Å². The van der Waals surface area contributed by atoms with Gasteiger partial charge in [-0.3, -0.25) is 4.72 Å². The van der Waals surface area contributed by atoms with Gasteiger partial charge in [-0.05, 0) is 37.0 Å². The SMILES string of the molecule is N#Cc1cccc(NS(=O)(=O)CC2CCCCC2)c1. The highest BCUT2D eigenvalue weighted by Crippen LogP contribution is 2.25. The zero-order valence-electron chi connectivity index (χ0n) is 10.8. The average molecular weight is 278 g/mol. The summed E-state index contributed by atoms with van der Waals surface area (Å²) in [5, 5.41) is 8.79. The Hall–Kier alpha value is -1.54. The van der Waals surface area contributed by atoms with Crippen molar-refractivity contribution in [2.45, 2.75) is 32.1 Å². The normalized spacial score (nSPS) is 16.8. The Labute approximate surface area is 114 Å². The van der Waals surface area contributed by atoms with E-state index in [0.717, 1.165) is 25.7 Å². The molecule has 0 saturated heterocycles. The molecule has 0 amide bonds. The maximum atomic E-state index is 12.1. The van der Waals surface area contributed by atoms with Crippen molar-refractivity contribution in [1.29, 1.82) is 5.26 Å². The van der Waals surface area contributed by atoms with Crippen LogP contribution in [0, 0.1) is 17.2 Å². The molecule has 102 valence electrons. The summed E-state index contributed by atoms with van der Waals surface area (Å²) in [6, 6.07) is 8.55. The third kappa shape index (κ3) is 4.25. The first-order chi connectivity index (χ1) is 9.09. The summed E-state index contributed by atoms with van der Waals surface area (Å²) in [7, 11) is -3.32. The van der Waals surface area contributed by atoms with Crippen molar-refractivity contribution in [3.8, 4) is 6.07 Å². The summed E-state index contributed by atoms with van der Waals surface area (Å²) in [4.78, 5) is 0. The summed E-state index contributed by atoms with van der Waals surface area (Å²) in [5.74, 6) is 0.453. The van der Waals surface area contributed by atoms with Crippen LogP contribution in [0.15, 0.2) is 24.3 Å². The molecule has 19 heavy (non-hydrogen) atoms. The van der Waals surface area contributed by atoms with Crippen molar-refractivity contribution in [1.82, 2.24) is 0 Å². The van der Waals surface area contributed by atoms with Crippen LogP contribution < -0.4 is 4.72 Å². The monoisotopic (exact) mass is 278 g/mol. The fraction of sp³-hybridized carbons (Fsp3) is 0.500. The summed E-state index contributed by atoms with van der Waals surface area (Å²) in [6.45, 7) is 0. The second-order valence-electron chi connectivity index (χ2n) is 5.08. The number of nitriles is 1. The lowest BCUT2D eigenvalue weighted by Gasteiger charge is -2.21. The molecule has 1 aliphatic rings. The van der Waals surface area contributed by atoms with Gasteiger partial charge in [-0.1, -0.05) is 25.3 Å². The van der Waals surface area contributed by atoms with E-state index in [1.807, 2.05) is 6.07 Å². The minimum Gasteiger partial charge on any atom is -0.284 e. The van der Waals surface area contributed by atoms with Gasteiger partial charge in [-0.25, -0.2) is 8.42 Å². The van der Waals surface area contributed by atoms with Crippen LogP contribution >= 0.6 is 0 Å². The molecular weight excluding hydrogens is 260 g/mol. The van der Waals surface area contributed by atoms with Gasteiger partial charge in [0.05, 0.1) is 17.4 Å². The minimum atomic E-state index is -3.32. The van der Waals surface area contributed by atoms with E-state index in [-0.39, 0.29) is 11.7 Å². The van der Waals surface area contributed by atoms with Crippen molar-refractivity contribution in [2.75, 3.05) is 10.5 Å². The second-order valence-corrected chi connectivity index (χ2v) is 6.85. The molecule has 1 saturated carbocycles. The Kier molecular flexibility index (Phi) is 4.43. The Morgan fingerprint density at radius 3 is 2.68 bits per heavy atom. The van der Waals surface area contributed by atoms with E-state index in [1.165, 1.54) is 6.42 Å². The highest BCUT2D eigenvalue weighted by Gasteiger charge is 2.21. The van der Waals surface area contributed by atoms with Gasteiger partial charge in [0.25, 0.3) is 0 Å². The van der Waals surface area contributed by atoms with Gasteiger partial charge >= 0.3 is 0 Å². The van der Waals surface area contributed by atoms with E-state index in [0.29, 0.717) is 11.3 Å². The molecule has 0 aliphatic heterocycles. The van der Waals surface area contributed by atoms with Crippen molar-refractivity contribution >= 4 is 15.7 Å². The molecule has 2 rings (SSSR count). The number of hydrogen-bond acceptors (Lipinski definition) is 3. The Bertz CT molecular complexity index is 569. The highest BCUT2D eigenvalue weighted by molar-refractivity contribution is 7.92. The zero-order valence-corrected chi connectivity index (χ0v) is 11.6. The van der Waals surface area contributed by atoms with E-state index in [1.54, 1.807) is 24.3 Å². The smallest absolute Gasteiger partial charge is 0.232 e. The molecule has 0 bridgehead atoms. The number of rotatable bonds is 4. The first kappa shape index (κ1) is 13.9. The van der Waals surface area contributed by atoms with Gasteiger partial charge in [-0.15, -0.1) is 0 Å². The van der Waals surface area contributed by atoms with Crippen LogP contribution in [-0.4, -0.2) is 14.2 Å². The zero-order chi connectivity index (χ0) is 13.7. The van der Waals surface area contributed by atoms with Gasteiger partial charge in [0.2, 0.25) is 10.0 Å². The molecule has 1 aliphatic carbocycles. The predicted molar refractivity (Wildman–Crippen MR) is 75.1 cm³/mol. The van der Waals surface area contributed by atoms with Crippen LogP contribution in [-0.2, 0) is 10.0 Å². The van der Waals surface area contributed by atoms with Crippen molar-refractivity contribution < 1.29 is 8.42 Å². The molecule has 5 heteroatoms. The maximum absolute atomic E-state index is 12.1.